The fourth-order valence-electron chi connectivity index (χ4n) is 7.75. The molecule has 0 aromatic heterocycles. The maximum Gasteiger partial charge on any atom is -0.0547 e. The number of hydrogen-bond donors (Lipinski definition) is 0. The largest absolute Gasteiger partial charge is 0.317 e. The summed E-state index contributed by atoms with van der Waals surface area (Å²) in [5, 5.41) is 0. The van der Waals surface area contributed by atoms with Gasteiger partial charge < -0.3 is 14.7 Å². The Morgan fingerprint density at radius 3 is 0.750 bits per heavy atom. The van der Waals surface area contributed by atoms with E-state index in [4.69, 9.17) is 0 Å². The van der Waals surface area contributed by atoms with Crippen LogP contribution in [-0.2, 0) is 0 Å². The summed E-state index contributed by atoms with van der Waals surface area (Å²) in [6.45, 7) is 37.7. The molecule has 0 spiro atoms. The summed E-state index contributed by atoms with van der Waals surface area (Å²) in [5.41, 5.74) is 0. The summed E-state index contributed by atoms with van der Waals surface area (Å²) in [6, 6.07) is 6.92. The lowest BCUT2D eigenvalue weighted by Crippen LogP contribution is -3.02. The highest BCUT2D eigenvalue weighted by molar-refractivity contribution is 8.21. The van der Waals surface area contributed by atoms with Gasteiger partial charge >= 0.3 is 0 Å². The van der Waals surface area contributed by atoms with Crippen LogP contribution in [-0.4, -0.2) is 44.1 Å². The van der Waals surface area contributed by atoms with Gasteiger partial charge in [-0.2, -0.15) is 0 Å². The van der Waals surface area contributed by atoms with Crippen molar-refractivity contribution in [3.63, 3.8) is 0 Å². The lowest BCUT2D eigenvalue weighted by Gasteiger charge is -2.97. The van der Waals surface area contributed by atoms with Crippen molar-refractivity contribution in [1.82, 2.24) is 0 Å². The van der Waals surface area contributed by atoms with Gasteiger partial charge in [-0.15, -0.1) is 39.4 Å². The van der Waals surface area contributed by atoms with E-state index in [1.54, 1.807) is 24.2 Å². The summed E-state index contributed by atoms with van der Waals surface area (Å²) >= 11 is 0. The summed E-state index contributed by atoms with van der Waals surface area (Å²) < 4.78 is 0. The number of rotatable bonds is 10. The van der Waals surface area contributed by atoms with Crippen molar-refractivity contribution in [2.45, 2.75) is 119 Å². The van der Waals surface area contributed by atoms with Crippen molar-refractivity contribution in [2.75, 3.05) is 0 Å². The first-order chi connectivity index (χ1) is 12.4. The zero-order valence-corrected chi connectivity index (χ0v) is 28.1. The molecule has 0 saturated carbocycles. The van der Waals surface area contributed by atoms with Gasteiger partial charge in [0.2, 0.25) is 0 Å². The molecule has 6 heteroatoms. The van der Waals surface area contributed by atoms with Gasteiger partial charge in [-0.05, 0) is 0 Å². The molecule has 0 unspecified atom stereocenters. The summed E-state index contributed by atoms with van der Waals surface area (Å²) in [4.78, 5) is 0. The Kier molecular flexibility index (Phi) is 9.20. The second-order valence-corrected chi connectivity index (χ2v) is 71.8. The third-order valence-corrected chi connectivity index (χ3v) is 133. The Morgan fingerprint density at radius 1 is 0.464 bits per heavy atom. The van der Waals surface area contributed by atoms with Crippen LogP contribution in [0, 0.1) is 23.7 Å². The monoisotopic (exact) mass is 486 g/mol. The van der Waals surface area contributed by atoms with Crippen LogP contribution in [0.4, 0.5) is 0 Å². The topological polar surface area (TPSA) is 0 Å². The maximum absolute atomic E-state index is 2.84. The van der Waals surface area contributed by atoms with Gasteiger partial charge in [-0.3, -0.25) is 0 Å². The van der Waals surface area contributed by atoms with Crippen LogP contribution in [0.5, 0.6) is 0 Å². The van der Waals surface area contributed by atoms with Gasteiger partial charge in [0.25, 0.3) is 0 Å². The Labute approximate surface area is 186 Å². The third kappa shape index (κ3) is 5.75. The minimum Gasteiger partial charge on any atom is -0.317 e. The molecule has 168 valence electrons. The molecule has 0 bridgehead atoms. The molecule has 1 fully saturated rings. The molecule has 0 nitrogen and oxygen atoms in total. The van der Waals surface area contributed by atoms with E-state index in [-0.39, 0.29) is 14.7 Å². The second-order valence-electron chi connectivity index (χ2n) is 13.8. The van der Waals surface area contributed by atoms with Crippen LogP contribution in [0.15, 0.2) is 0 Å². The molecule has 1 aliphatic heterocycles. The molecule has 0 aliphatic carbocycles. The zero-order valence-electron chi connectivity index (χ0n) is 22.1. The lowest BCUT2D eigenvalue weighted by atomic mass is 10.3. The Balaban J connectivity index is 3.80. The van der Waals surface area contributed by atoms with Gasteiger partial charge in [0.15, 0.2) is 0 Å². The highest BCUT2D eigenvalue weighted by atomic mass is 30.4. The van der Waals surface area contributed by atoms with E-state index in [0.717, 1.165) is 23.7 Å². The molecule has 0 aromatic carbocycles. The Morgan fingerprint density at radius 2 is 0.643 bits per heavy atom. The zero-order chi connectivity index (χ0) is 22.3. The summed E-state index contributed by atoms with van der Waals surface area (Å²) in [7, 11) is -4.42. The second kappa shape index (κ2) is 9.43. The van der Waals surface area contributed by atoms with Crippen molar-refractivity contribution in [3.05, 3.63) is 0 Å². The summed E-state index contributed by atoms with van der Waals surface area (Å²) in [6.07, 6.45) is 0. The average Bonchev–Trinajstić information content (AvgIpc) is 2.28. The van der Waals surface area contributed by atoms with Crippen LogP contribution < -0.4 is 0 Å². The molecule has 28 heavy (non-hydrogen) atoms. The van der Waals surface area contributed by atoms with Crippen molar-refractivity contribution in [2.24, 2.45) is 23.7 Å². The normalized spacial score (nSPS) is 21.2. The van der Waals surface area contributed by atoms with Crippen LogP contribution in [0.25, 0.3) is 0 Å². The van der Waals surface area contributed by atoms with Crippen molar-refractivity contribution < 1.29 is 0 Å². The molecule has 1 saturated heterocycles. The van der Waals surface area contributed by atoms with E-state index < -0.39 is 29.4 Å². The molecule has 0 radical (unpaired) electrons. The van der Waals surface area contributed by atoms with E-state index in [1.165, 1.54) is 0 Å². The van der Waals surface area contributed by atoms with Gasteiger partial charge in [0.05, 0.1) is 0 Å². The van der Waals surface area contributed by atoms with Crippen LogP contribution in [0.1, 0.15) is 55.4 Å². The fraction of sp³-hybridized carbons (Fsp3) is 1.00. The van der Waals surface area contributed by atoms with E-state index in [0.29, 0.717) is 0 Å². The van der Waals surface area contributed by atoms with Crippen molar-refractivity contribution in [1.29, 1.82) is 0 Å². The smallest absolute Gasteiger partial charge is 0.0547 e. The molecule has 0 aromatic rings. The highest BCUT2D eigenvalue weighted by Gasteiger charge is 2.55. The van der Waals surface area contributed by atoms with E-state index in [2.05, 4.69) is 94.7 Å². The first-order valence-corrected chi connectivity index (χ1v) is 33.0. The van der Waals surface area contributed by atoms with Gasteiger partial charge in [-0.25, -0.2) is 14.2 Å². The molecule has 1 aliphatic rings. The molecule has 0 atom stereocenters. The molecular weight excluding hydrogens is 433 g/mol. The SMILES string of the molecule is CC(C)C[Si]1(CC(C)C)[Si-]([Si](C)(C)C)[Si](CC(C)C)(CC(C)C)[Si-]1[Si](C)(C)C. The Hall–Kier alpha value is 1.30. The van der Waals surface area contributed by atoms with Gasteiger partial charge in [0, 0.05) is 0 Å². The minimum atomic E-state index is -1.08. The van der Waals surface area contributed by atoms with E-state index >= 15 is 0 Å². The predicted molar refractivity (Wildman–Crippen MR) is 148 cm³/mol. The maximum atomic E-state index is 2.84. The number of hydrogen-bond acceptors (Lipinski definition) is 0. The van der Waals surface area contributed by atoms with Gasteiger partial charge in [-0.1, -0.05) is 118 Å². The van der Waals surface area contributed by atoms with Crippen LogP contribution >= 0.6 is 0 Å². The quantitative estimate of drug-likeness (QED) is 0.278. The average molecular weight is 487 g/mol. The first kappa shape index (κ1) is 27.3. The van der Waals surface area contributed by atoms with E-state index in [9.17, 15) is 0 Å². The molecular formula is C22H54Si6-2. The van der Waals surface area contributed by atoms with Crippen LogP contribution in [0.3, 0.4) is 0 Å². The van der Waals surface area contributed by atoms with Gasteiger partial charge in [0.1, 0.15) is 0 Å². The highest BCUT2D eigenvalue weighted by Crippen LogP contribution is 2.54. The first-order valence-electron chi connectivity index (χ1n) is 12.2. The minimum absolute atomic E-state index is 0.0736. The lowest BCUT2D eigenvalue weighted by molar-refractivity contribution is 0.685. The molecule has 0 N–H and O–H groups in total. The fourth-order valence-corrected chi connectivity index (χ4v) is 251. The van der Waals surface area contributed by atoms with E-state index in [1.807, 2.05) is 0 Å². The van der Waals surface area contributed by atoms with Crippen molar-refractivity contribution >= 4 is 44.1 Å². The molecule has 0 amide bonds. The summed E-state index contributed by atoms with van der Waals surface area (Å²) in [5.74, 6) is 3.79. The standard InChI is InChI=1S/C22H54Si6/c1-19(2)15-27(16-20(3)4)23(25(9,10)11)28(17-21(5)6,18-22(7)8)24(27)26(12,13)14/h19-22H,15-18H2,1-14H3/q-2. The third-order valence-electron chi connectivity index (χ3n) is 6.44. The van der Waals surface area contributed by atoms with Crippen LogP contribution in [0.2, 0.25) is 63.5 Å². The van der Waals surface area contributed by atoms with Crippen molar-refractivity contribution in [3.8, 4) is 0 Å². The predicted octanol–water partition coefficient (Wildman–Crippen LogP) is 7.66. The Bertz CT molecular complexity index is 420. The molecule has 1 rings (SSSR count). The molecule has 1 heterocycles.